The zero-order valence-corrected chi connectivity index (χ0v) is 14.8. The number of benzene rings is 1. The molecule has 1 aliphatic rings. The van der Waals surface area contributed by atoms with Crippen LogP contribution in [0.5, 0.6) is 11.5 Å². The molecule has 0 unspecified atom stereocenters. The van der Waals surface area contributed by atoms with Gasteiger partial charge in [-0.2, -0.15) is 0 Å². The summed E-state index contributed by atoms with van der Waals surface area (Å²) >= 11 is 0. The molecular weight excluding hydrogens is 308 g/mol. The molecule has 24 heavy (non-hydrogen) atoms. The van der Waals surface area contributed by atoms with Crippen LogP contribution in [0.15, 0.2) is 18.2 Å². The molecule has 0 aliphatic carbocycles. The van der Waals surface area contributed by atoms with Gasteiger partial charge in [0.15, 0.2) is 0 Å². The van der Waals surface area contributed by atoms with E-state index in [2.05, 4.69) is 12.2 Å². The summed E-state index contributed by atoms with van der Waals surface area (Å²) in [5, 5.41) is 2.99. The SMILES string of the molecule is CCC[C@H](C)NC(=O)[C@H]1CC(=O)N(c2cc(OC)ccc2OC)C1. The van der Waals surface area contributed by atoms with Crippen LogP contribution in [0.2, 0.25) is 0 Å². The molecule has 132 valence electrons. The third-order valence-corrected chi connectivity index (χ3v) is 4.28. The fraction of sp³-hybridized carbons (Fsp3) is 0.556. The van der Waals surface area contributed by atoms with E-state index in [1.54, 1.807) is 37.3 Å². The highest BCUT2D eigenvalue weighted by molar-refractivity contribution is 6.01. The normalized spacial score (nSPS) is 18.4. The third-order valence-electron chi connectivity index (χ3n) is 4.28. The molecule has 2 rings (SSSR count). The van der Waals surface area contributed by atoms with Crippen molar-refractivity contribution in [3.8, 4) is 11.5 Å². The average molecular weight is 334 g/mol. The molecule has 0 saturated carbocycles. The van der Waals surface area contributed by atoms with E-state index in [1.165, 1.54) is 0 Å². The summed E-state index contributed by atoms with van der Waals surface area (Å²) in [6.07, 6.45) is 2.16. The van der Waals surface area contributed by atoms with Crippen molar-refractivity contribution in [1.82, 2.24) is 5.32 Å². The van der Waals surface area contributed by atoms with Gasteiger partial charge < -0.3 is 19.7 Å². The molecule has 6 heteroatoms. The van der Waals surface area contributed by atoms with Gasteiger partial charge >= 0.3 is 0 Å². The lowest BCUT2D eigenvalue weighted by molar-refractivity contribution is -0.126. The number of rotatable bonds is 7. The van der Waals surface area contributed by atoms with Crippen molar-refractivity contribution in [3.05, 3.63) is 18.2 Å². The number of anilines is 1. The molecule has 1 N–H and O–H groups in total. The fourth-order valence-electron chi connectivity index (χ4n) is 2.99. The van der Waals surface area contributed by atoms with Gasteiger partial charge in [0.25, 0.3) is 0 Å². The predicted octanol–water partition coefficient (Wildman–Crippen LogP) is 2.36. The molecule has 2 amide bonds. The topological polar surface area (TPSA) is 67.9 Å². The van der Waals surface area contributed by atoms with E-state index >= 15 is 0 Å². The van der Waals surface area contributed by atoms with Gasteiger partial charge in [0.1, 0.15) is 11.5 Å². The Kier molecular flexibility index (Phi) is 6.06. The quantitative estimate of drug-likeness (QED) is 0.831. The number of nitrogens with zero attached hydrogens (tertiary/aromatic N) is 1. The van der Waals surface area contributed by atoms with Crippen molar-refractivity contribution in [3.63, 3.8) is 0 Å². The van der Waals surface area contributed by atoms with Gasteiger partial charge in [-0.3, -0.25) is 9.59 Å². The number of methoxy groups -OCH3 is 2. The number of hydrogen-bond donors (Lipinski definition) is 1. The van der Waals surface area contributed by atoms with Crippen molar-refractivity contribution >= 4 is 17.5 Å². The number of carbonyl (C=O) groups excluding carboxylic acids is 2. The highest BCUT2D eigenvalue weighted by Gasteiger charge is 2.36. The Bertz CT molecular complexity index is 603. The number of ether oxygens (including phenoxy) is 2. The van der Waals surface area contributed by atoms with Crippen molar-refractivity contribution in [1.29, 1.82) is 0 Å². The summed E-state index contributed by atoms with van der Waals surface area (Å²) in [6.45, 7) is 4.42. The average Bonchev–Trinajstić information content (AvgIpc) is 2.96. The number of carbonyl (C=O) groups is 2. The Hall–Kier alpha value is -2.24. The van der Waals surface area contributed by atoms with Crippen LogP contribution >= 0.6 is 0 Å². The maximum atomic E-state index is 12.4. The Morgan fingerprint density at radius 3 is 2.75 bits per heavy atom. The fourth-order valence-corrected chi connectivity index (χ4v) is 2.99. The van der Waals surface area contributed by atoms with Gasteiger partial charge in [0.2, 0.25) is 11.8 Å². The van der Waals surface area contributed by atoms with Crippen LogP contribution in [0.1, 0.15) is 33.1 Å². The molecule has 6 nitrogen and oxygen atoms in total. The number of nitrogens with one attached hydrogen (secondary N) is 1. The van der Waals surface area contributed by atoms with Gasteiger partial charge in [-0.05, 0) is 25.5 Å². The van der Waals surface area contributed by atoms with Crippen molar-refractivity contribution in [2.24, 2.45) is 5.92 Å². The highest BCUT2D eigenvalue weighted by Crippen LogP contribution is 2.36. The van der Waals surface area contributed by atoms with Crippen LogP contribution in [0, 0.1) is 5.92 Å². The van der Waals surface area contributed by atoms with E-state index < -0.39 is 0 Å². The second-order valence-corrected chi connectivity index (χ2v) is 6.14. The first-order chi connectivity index (χ1) is 11.5. The minimum atomic E-state index is -0.340. The molecule has 1 fully saturated rings. The lowest BCUT2D eigenvalue weighted by Crippen LogP contribution is -2.38. The summed E-state index contributed by atoms with van der Waals surface area (Å²) in [5.74, 6) is 0.749. The van der Waals surface area contributed by atoms with Crippen molar-refractivity contribution in [2.45, 2.75) is 39.2 Å². The zero-order valence-electron chi connectivity index (χ0n) is 14.8. The van der Waals surface area contributed by atoms with Crippen LogP contribution < -0.4 is 19.7 Å². The molecule has 0 spiro atoms. The van der Waals surface area contributed by atoms with Gasteiger partial charge in [-0.15, -0.1) is 0 Å². The summed E-state index contributed by atoms with van der Waals surface area (Å²) in [5.41, 5.74) is 0.638. The molecule has 0 aromatic heterocycles. The smallest absolute Gasteiger partial charge is 0.227 e. The summed E-state index contributed by atoms with van der Waals surface area (Å²) in [4.78, 5) is 26.4. The van der Waals surface area contributed by atoms with Gasteiger partial charge in [-0.25, -0.2) is 0 Å². The first-order valence-corrected chi connectivity index (χ1v) is 8.32. The summed E-state index contributed by atoms with van der Waals surface area (Å²) in [6, 6.07) is 5.42. The molecule has 0 radical (unpaired) electrons. The monoisotopic (exact) mass is 334 g/mol. The summed E-state index contributed by atoms with van der Waals surface area (Å²) < 4.78 is 10.6. The van der Waals surface area contributed by atoms with Crippen LogP contribution in [0.25, 0.3) is 0 Å². The van der Waals surface area contributed by atoms with Crippen molar-refractivity contribution < 1.29 is 19.1 Å². The number of amides is 2. The molecular formula is C18H26N2O4. The van der Waals surface area contributed by atoms with Gasteiger partial charge in [-0.1, -0.05) is 13.3 Å². The van der Waals surface area contributed by atoms with Crippen LogP contribution in [0.4, 0.5) is 5.69 Å². The van der Waals surface area contributed by atoms with Crippen LogP contribution in [-0.2, 0) is 9.59 Å². The van der Waals surface area contributed by atoms with E-state index in [1.807, 2.05) is 6.92 Å². The third kappa shape index (κ3) is 3.99. The number of hydrogen-bond acceptors (Lipinski definition) is 4. The largest absolute Gasteiger partial charge is 0.497 e. The van der Waals surface area contributed by atoms with E-state index in [4.69, 9.17) is 9.47 Å². The van der Waals surface area contributed by atoms with E-state index in [0.717, 1.165) is 12.8 Å². The molecule has 2 atom stereocenters. The molecule has 1 aliphatic heterocycles. The highest BCUT2D eigenvalue weighted by atomic mass is 16.5. The molecule has 1 heterocycles. The summed E-state index contributed by atoms with van der Waals surface area (Å²) in [7, 11) is 3.13. The van der Waals surface area contributed by atoms with Crippen LogP contribution in [0.3, 0.4) is 0 Å². The first kappa shape index (κ1) is 18.1. The Morgan fingerprint density at radius 1 is 1.38 bits per heavy atom. The Morgan fingerprint density at radius 2 is 2.12 bits per heavy atom. The molecule has 1 saturated heterocycles. The van der Waals surface area contributed by atoms with Crippen LogP contribution in [-0.4, -0.2) is 38.6 Å². The first-order valence-electron chi connectivity index (χ1n) is 8.32. The molecule has 0 bridgehead atoms. The Labute approximate surface area is 143 Å². The molecule has 1 aromatic carbocycles. The van der Waals surface area contributed by atoms with Gasteiger partial charge in [0.05, 0.1) is 25.8 Å². The Balaban J connectivity index is 2.14. The van der Waals surface area contributed by atoms with E-state index in [-0.39, 0.29) is 30.2 Å². The minimum Gasteiger partial charge on any atom is -0.497 e. The minimum absolute atomic E-state index is 0.0614. The maximum absolute atomic E-state index is 12.4. The molecule has 1 aromatic rings. The van der Waals surface area contributed by atoms with E-state index in [9.17, 15) is 9.59 Å². The van der Waals surface area contributed by atoms with Gasteiger partial charge in [0, 0.05) is 25.1 Å². The standard InChI is InChI=1S/C18H26N2O4/c1-5-6-12(2)19-18(22)13-9-17(21)20(11-13)15-10-14(23-3)7-8-16(15)24-4/h7-8,10,12-13H,5-6,9,11H2,1-4H3,(H,19,22)/t12-,13-/m0/s1. The lowest BCUT2D eigenvalue weighted by Gasteiger charge is -2.21. The second kappa shape index (κ2) is 8.04. The zero-order chi connectivity index (χ0) is 17.7. The van der Waals surface area contributed by atoms with Crippen molar-refractivity contribution in [2.75, 3.05) is 25.7 Å². The maximum Gasteiger partial charge on any atom is 0.227 e. The van der Waals surface area contributed by atoms with E-state index in [0.29, 0.717) is 23.7 Å². The predicted molar refractivity (Wildman–Crippen MR) is 92.5 cm³/mol. The second-order valence-electron chi connectivity index (χ2n) is 6.14. The lowest BCUT2D eigenvalue weighted by atomic mass is 10.1.